The zero-order valence-corrected chi connectivity index (χ0v) is 8.34. The summed E-state index contributed by atoms with van der Waals surface area (Å²) in [4.78, 5) is 0. The molecule has 1 aromatic carbocycles. The van der Waals surface area contributed by atoms with Crippen molar-refractivity contribution >= 4 is 15.9 Å². The van der Waals surface area contributed by atoms with E-state index in [0.717, 1.165) is 29.3 Å². The molecule has 12 heavy (non-hydrogen) atoms. The minimum absolute atomic E-state index is 0.244. The molecule has 64 valence electrons. The molecule has 0 heterocycles. The van der Waals surface area contributed by atoms with Crippen molar-refractivity contribution < 1.29 is 5.11 Å². The van der Waals surface area contributed by atoms with E-state index >= 15 is 0 Å². The molecule has 1 aliphatic carbocycles. The van der Waals surface area contributed by atoms with E-state index in [1.165, 1.54) is 5.56 Å². The van der Waals surface area contributed by atoms with E-state index in [0.29, 0.717) is 0 Å². The van der Waals surface area contributed by atoms with Gasteiger partial charge in [-0.05, 0) is 42.5 Å². The van der Waals surface area contributed by atoms with Crippen molar-refractivity contribution in [1.29, 1.82) is 0 Å². The largest absolute Gasteiger partial charge is 0.388 e. The SMILES string of the molecule is O[C@H]1CCCc2ccc(Br)cc21. The second kappa shape index (κ2) is 3.19. The first kappa shape index (κ1) is 8.27. The third-order valence-corrected chi connectivity index (χ3v) is 2.88. The summed E-state index contributed by atoms with van der Waals surface area (Å²) in [5.74, 6) is 0. The third kappa shape index (κ3) is 1.41. The van der Waals surface area contributed by atoms with Crippen molar-refractivity contribution in [2.45, 2.75) is 25.4 Å². The summed E-state index contributed by atoms with van der Waals surface area (Å²) in [6, 6.07) is 6.16. The molecule has 0 aromatic heterocycles. The van der Waals surface area contributed by atoms with Crippen molar-refractivity contribution in [1.82, 2.24) is 0 Å². The molecular weight excluding hydrogens is 216 g/mol. The van der Waals surface area contributed by atoms with E-state index in [1.807, 2.05) is 12.1 Å². The van der Waals surface area contributed by atoms with Crippen LogP contribution in [0.4, 0.5) is 0 Å². The van der Waals surface area contributed by atoms with Gasteiger partial charge in [0.05, 0.1) is 6.10 Å². The zero-order chi connectivity index (χ0) is 8.55. The molecule has 0 amide bonds. The van der Waals surface area contributed by atoms with Gasteiger partial charge >= 0.3 is 0 Å². The first-order valence-electron chi connectivity index (χ1n) is 4.24. The highest BCUT2D eigenvalue weighted by molar-refractivity contribution is 9.10. The van der Waals surface area contributed by atoms with Gasteiger partial charge in [-0.2, -0.15) is 0 Å². The molecule has 2 heteroatoms. The van der Waals surface area contributed by atoms with Gasteiger partial charge in [-0.1, -0.05) is 22.0 Å². The Bertz CT molecular complexity index is 296. The number of aryl methyl sites for hydroxylation is 1. The maximum absolute atomic E-state index is 9.66. The van der Waals surface area contributed by atoms with Crippen molar-refractivity contribution in [3.05, 3.63) is 33.8 Å². The number of aliphatic hydroxyl groups excluding tert-OH is 1. The molecule has 1 nitrogen and oxygen atoms in total. The Hall–Kier alpha value is -0.340. The van der Waals surface area contributed by atoms with E-state index < -0.39 is 0 Å². The molecule has 0 bridgehead atoms. The molecule has 1 aliphatic rings. The smallest absolute Gasteiger partial charge is 0.0793 e. The first-order valence-corrected chi connectivity index (χ1v) is 5.03. The minimum Gasteiger partial charge on any atom is -0.388 e. The van der Waals surface area contributed by atoms with Gasteiger partial charge in [-0.15, -0.1) is 0 Å². The Morgan fingerprint density at radius 1 is 1.42 bits per heavy atom. The van der Waals surface area contributed by atoms with Crippen LogP contribution < -0.4 is 0 Å². The molecule has 0 saturated heterocycles. The van der Waals surface area contributed by atoms with Crippen LogP contribution in [0.3, 0.4) is 0 Å². The second-order valence-corrected chi connectivity index (χ2v) is 4.17. The van der Waals surface area contributed by atoms with Crippen LogP contribution in [-0.2, 0) is 6.42 Å². The van der Waals surface area contributed by atoms with Crippen LogP contribution in [0.5, 0.6) is 0 Å². The standard InChI is InChI=1S/C10H11BrO/c11-8-5-4-7-2-1-3-10(12)9(7)6-8/h4-6,10,12H,1-3H2/t10-/m0/s1. The van der Waals surface area contributed by atoms with Gasteiger partial charge in [0.2, 0.25) is 0 Å². The van der Waals surface area contributed by atoms with Crippen LogP contribution in [0.25, 0.3) is 0 Å². The molecule has 0 saturated carbocycles. The van der Waals surface area contributed by atoms with Gasteiger partial charge in [0.25, 0.3) is 0 Å². The predicted molar refractivity (Wildman–Crippen MR) is 52.0 cm³/mol. The van der Waals surface area contributed by atoms with Crippen molar-refractivity contribution in [3.8, 4) is 0 Å². The van der Waals surface area contributed by atoms with E-state index in [4.69, 9.17) is 0 Å². The maximum Gasteiger partial charge on any atom is 0.0793 e. The lowest BCUT2D eigenvalue weighted by Gasteiger charge is -2.21. The van der Waals surface area contributed by atoms with Crippen molar-refractivity contribution in [2.24, 2.45) is 0 Å². The Labute approximate surface area is 80.5 Å². The summed E-state index contributed by atoms with van der Waals surface area (Å²) < 4.78 is 1.06. The lowest BCUT2D eigenvalue weighted by atomic mass is 9.90. The lowest BCUT2D eigenvalue weighted by Crippen LogP contribution is -2.08. The lowest BCUT2D eigenvalue weighted by molar-refractivity contribution is 0.156. The van der Waals surface area contributed by atoms with Crippen LogP contribution in [0.15, 0.2) is 22.7 Å². The van der Waals surface area contributed by atoms with Gasteiger partial charge in [0.15, 0.2) is 0 Å². The predicted octanol–water partition coefficient (Wildman–Crippen LogP) is 2.82. The van der Waals surface area contributed by atoms with Gasteiger partial charge in [-0.3, -0.25) is 0 Å². The number of fused-ring (bicyclic) bond motifs is 1. The molecule has 0 radical (unpaired) electrons. The Balaban J connectivity index is 2.47. The highest BCUT2D eigenvalue weighted by atomic mass is 79.9. The van der Waals surface area contributed by atoms with E-state index in [-0.39, 0.29) is 6.10 Å². The van der Waals surface area contributed by atoms with Crippen LogP contribution in [0, 0.1) is 0 Å². The Kier molecular flexibility index (Phi) is 2.20. The number of hydrogen-bond acceptors (Lipinski definition) is 1. The molecule has 0 unspecified atom stereocenters. The summed E-state index contributed by atoms with van der Waals surface area (Å²) in [7, 11) is 0. The average molecular weight is 227 g/mol. The quantitative estimate of drug-likeness (QED) is 0.722. The van der Waals surface area contributed by atoms with Crippen LogP contribution in [0.1, 0.15) is 30.1 Å². The first-order chi connectivity index (χ1) is 5.77. The normalized spacial score (nSPS) is 22.0. The monoisotopic (exact) mass is 226 g/mol. The molecule has 1 aromatic rings. The number of hydrogen-bond donors (Lipinski definition) is 1. The zero-order valence-electron chi connectivity index (χ0n) is 6.76. The number of benzene rings is 1. The maximum atomic E-state index is 9.66. The molecule has 0 aliphatic heterocycles. The average Bonchev–Trinajstić information content (AvgIpc) is 2.07. The van der Waals surface area contributed by atoms with Gasteiger partial charge < -0.3 is 5.11 Å². The summed E-state index contributed by atoms with van der Waals surface area (Å²) in [6.45, 7) is 0. The molecule has 1 atom stereocenters. The summed E-state index contributed by atoms with van der Waals surface area (Å²) in [6.07, 6.45) is 2.88. The van der Waals surface area contributed by atoms with Gasteiger partial charge in [0, 0.05) is 4.47 Å². The molecular formula is C10H11BrO. The molecule has 2 rings (SSSR count). The van der Waals surface area contributed by atoms with Crippen LogP contribution >= 0.6 is 15.9 Å². The fraction of sp³-hybridized carbons (Fsp3) is 0.400. The highest BCUT2D eigenvalue weighted by Crippen LogP contribution is 2.31. The Morgan fingerprint density at radius 2 is 2.25 bits per heavy atom. The second-order valence-electron chi connectivity index (χ2n) is 3.25. The topological polar surface area (TPSA) is 20.2 Å². The molecule has 0 spiro atoms. The summed E-state index contributed by atoms with van der Waals surface area (Å²) in [5, 5.41) is 9.66. The number of aliphatic hydroxyl groups is 1. The summed E-state index contributed by atoms with van der Waals surface area (Å²) >= 11 is 3.41. The Morgan fingerprint density at radius 3 is 3.08 bits per heavy atom. The summed E-state index contributed by atoms with van der Waals surface area (Å²) in [5.41, 5.74) is 2.41. The minimum atomic E-state index is -0.244. The fourth-order valence-electron chi connectivity index (χ4n) is 1.75. The third-order valence-electron chi connectivity index (χ3n) is 2.39. The van der Waals surface area contributed by atoms with Crippen molar-refractivity contribution in [2.75, 3.05) is 0 Å². The fourth-order valence-corrected chi connectivity index (χ4v) is 2.12. The van der Waals surface area contributed by atoms with Gasteiger partial charge in [0.1, 0.15) is 0 Å². The van der Waals surface area contributed by atoms with E-state index in [2.05, 4.69) is 22.0 Å². The van der Waals surface area contributed by atoms with Crippen LogP contribution in [0.2, 0.25) is 0 Å². The van der Waals surface area contributed by atoms with Crippen molar-refractivity contribution in [3.63, 3.8) is 0 Å². The molecule has 0 fully saturated rings. The highest BCUT2D eigenvalue weighted by Gasteiger charge is 2.17. The van der Waals surface area contributed by atoms with Crippen LogP contribution in [-0.4, -0.2) is 5.11 Å². The van der Waals surface area contributed by atoms with E-state index in [9.17, 15) is 5.11 Å². The molecule has 1 N–H and O–H groups in total. The van der Waals surface area contributed by atoms with E-state index in [1.54, 1.807) is 0 Å². The van der Waals surface area contributed by atoms with Gasteiger partial charge in [-0.25, -0.2) is 0 Å². The number of halogens is 1. The number of rotatable bonds is 0.